The molecule has 3 rings (SSSR count). The van der Waals surface area contributed by atoms with Crippen LogP contribution < -0.4 is 0 Å². The van der Waals surface area contributed by atoms with Crippen LogP contribution in [-0.2, 0) is 57.8 Å². The van der Waals surface area contributed by atoms with Crippen LogP contribution in [0.4, 0.5) is 0 Å². The van der Waals surface area contributed by atoms with Gasteiger partial charge in [0, 0.05) is 57.8 Å². The molecule has 0 saturated heterocycles. The summed E-state index contributed by atoms with van der Waals surface area (Å²) >= 11 is 0. The molecule has 0 aliphatic heterocycles. The molecular weight excluding hydrogens is 486 g/mol. The number of nitrogens with zero attached hydrogens (tertiary/aromatic N) is 9. The Kier molecular flexibility index (Phi) is 13.2. The fourth-order valence-electron chi connectivity index (χ4n) is 4.50. The van der Waals surface area contributed by atoms with Crippen LogP contribution in [0.5, 0.6) is 0 Å². The van der Waals surface area contributed by atoms with Gasteiger partial charge >= 0.3 is 0 Å². The van der Waals surface area contributed by atoms with Crippen molar-refractivity contribution in [2.24, 2.45) is 0 Å². The Bertz CT molecular complexity index is 1020. The maximum atomic E-state index is 4.84. The van der Waals surface area contributed by atoms with E-state index in [1.165, 1.54) is 0 Å². The highest BCUT2D eigenvalue weighted by atomic mass is 15.0. The maximum absolute atomic E-state index is 4.84. The quantitative estimate of drug-likeness (QED) is 0.213. The van der Waals surface area contributed by atoms with Gasteiger partial charge in [-0.2, -0.15) is 0 Å². The largest absolute Gasteiger partial charge is 0.218 e. The van der Waals surface area contributed by atoms with Crippen LogP contribution in [0.25, 0.3) is 0 Å². The zero-order chi connectivity index (χ0) is 27.9. The molecule has 0 atom stereocenters. The van der Waals surface area contributed by atoms with Crippen molar-refractivity contribution in [1.82, 2.24) is 44.9 Å². The molecule has 9 nitrogen and oxygen atoms in total. The molecule has 0 amide bonds. The maximum Gasteiger partial charge on any atom is 0.132 e. The van der Waals surface area contributed by atoms with E-state index in [2.05, 4.69) is 44.6 Å². The predicted octanol–water partition coefficient (Wildman–Crippen LogP) is 5.35. The SMILES string of the molecule is CCCc1nc(CCC)nc(CCCc2nc(CCC)nc(CCCc3nc(CCC)nc(CCC)n3)n2)n1. The van der Waals surface area contributed by atoms with Crippen LogP contribution in [-0.4, -0.2) is 44.9 Å². The summed E-state index contributed by atoms with van der Waals surface area (Å²) in [6.07, 6.45) is 14.6. The summed E-state index contributed by atoms with van der Waals surface area (Å²) in [5, 5.41) is 0. The van der Waals surface area contributed by atoms with E-state index in [9.17, 15) is 0 Å². The molecular formula is C30H47N9. The van der Waals surface area contributed by atoms with E-state index in [4.69, 9.17) is 34.9 Å². The molecule has 3 aromatic heterocycles. The highest BCUT2D eigenvalue weighted by molar-refractivity contribution is 5.03. The lowest BCUT2D eigenvalue weighted by atomic mass is 10.2. The molecule has 9 heteroatoms. The molecule has 0 aliphatic rings. The molecule has 212 valence electrons. The third-order valence-electron chi connectivity index (χ3n) is 6.29. The second-order valence-corrected chi connectivity index (χ2v) is 10.2. The van der Waals surface area contributed by atoms with Crippen LogP contribution in [0.2, 0.25) is 0 Å². The van der Waals surface area contributed by atoms with Crippen LogP contribution >= 0.6 is 0 Å². The minimum Gasteiger partial charge on any atom is -0.218 e. The van der Waals surface area contributed by atoms with Gasteiger partial charge in [-0.3, -0.25) is 0 Å². The number of hydrogen-bond donors (Lipinski definition) is 0. The van der Waals surface area contributed by atoms with E-state index >= 15 is 0 Å². The first-order chi connectivity index (χ1) is 19.1. The zero-order valence-electron chi connectivity index (χ0n) is 24.8. The van der Waals surface area contributed by atoms with E-state index in [-0.39, 0.29) is 0 Å². The minimum atomic E-state index is 0.790. The van der Waals surface area contributed by atoms with Gasteiger partial charge in [0.05, 0.1) is 0 Å². The molecule has 0 spiro atoms. The molecule has 3 heterocycles. The van der Waals surface area contributed by atoms with E-state index in [0.29, 0.717) is 0 Å². The van der Waals surface area contributed by atoms with Crippen molar-refractivity contribution in [3.63, 3.8) is 0 Å². The number of aryl methyl sites for hydroxylation is 9. The average molecular weight is 534 g/mol. The first-order valence-corrected chi connectivity index (χ1v) is 15.2. The summed E-state index contributed by atoms with van der Waals surface area (Å²) in [5.74, 6) is 8.08. The molecule has 0 bridgehead atoms. The van der Waals surface area contributed by atoms with Crippen LogP contribution in [0.3, 0.4) is 0 Å². The summed E-state index contributed by atoms with van der Waals surface area (Å²) in [5.41, 5.74) is 0. The van der Waals surface area contributed by atoms with Gasteiger partial charge in [0.25, 0.3) is 0 Å². The van der Waals surface area contributed by atoms with Crippen LogP contribution in [0.1, 0.15) is 132 Å². The van der Waals surface area contributed by atoms with Gasteiger partial charge in [-0.05, 0) is 44.9 Å². The van der Waals surface area contributed by atoms with E-state index < -0.39 is 0 Å². The van der Waals surface area contributed by atoms with E-state index in [0.717, 1.165) is 155 Å². The number of rotatable bonds is 18. The van der Waals surface area contributed by atoms with Crippen molar-refractivity contribution in [2.45, 2.75) is 137 Å². The first-order valence-electron chi connectivity index (χ1n) is 15.2. The van der Waals surface area contributed by atoms with Gasteiger partial charge < -0.3 is 0 Å². The summed E-state index contributed by atoms with van der Waals surface area (Å²) in [7, 11) is 0. The van der Waals surface area contributed by atoms with Crippen molar-refractivity contribution in [3.05, 3.63) is 52.4 Å². The van der Waals surface area contributed by atoms with E-state index in [1.807, 2.05) is 0 Å². The van der Waals surface area contributed by atoms with Gasteiger partial charge in [-0.1, -0.05) is 34.6 Å². The Morgan fingerprint density at radius 2 is 0.410 bits per heavy atom. The Labute approximate surface area is 234 Å². The predicted molar refractivity (Wildman–Crippen MR) is 154 cm³/mol. The first kappa shape index (κ1) is 30.6. The van der Waals surface area contributed by atoms with Gasteiger partial charge in [0.1, 0.15) is 52.4 Å². The Morgan fingerprint density at radius 3 is 0.564 bits per heavy atom. The smallest absolute Gasteiger partial charge is 0.132 e. The minimum absolute atomic E-state index is 0.790. The molecule has 3 aromatic rings. The molecule has 0 aliphatic carbocycles. The highest BCUT2D eigenvalue weighted by Crippen LogP contribution is 2.10. The van der Waals surface area contributed by atoms with Gasteiger partial charge in [0.2, 0.25) is 0 Å². The van der Waals surface area contributed by atoms with Crippen molar-refractivity contribution >= 4 is 0 Å². The monoisotopic (exact) mass is 533 g/mol. The lowest BCUT2D eigenvalue weighted by Crippen LogP contribution is -2.11. The molecule has 0 aromatic carbocycles. The highest BCUT2D eigenvalue weighted by Gasteiger charge is 2.11. The van der Waals surface area contributed by atoms with Gasteiger partial charge in [-0.25, -0.2) is 44.9 Å². The Balaban J connectivity index is 1.64. The molecule has 39 heavy (non-hydrogen) atoms. The average Bonchev–Trinajstić information content (AvgIpc) is 2.90. The molecule has 0 N–H and O–H groups in total. The Hall–Kier alpha value is -2.97. The third-order valence-corrected chi connectivity index (χ3v) is 6.29. The molecule has 0 fully saturated rings. The second kappa shape index (κ2) is 16.9. The van der Waals surface area contributed by atoms with Crippen LogP contribution in [0.15, 0.2) is 0 Å². The summed E-state index contributed by atoms with van der Waals surface area (Å²) in [4.78, 5) is 42.5. The fourth-order valence-corrected chi connectivity index (χ4v) is 4.50. The normalized spacial score (nSPS) is 11.3. The van der Waals surface area contributed by atoms with Crippen molar-refractivity contribution < 1.29 is 0 Å². The molecule has 0 saturated carbocycles. The fraction of sp³-hybridized carbons (Fsp3) is 0.700. The summed E-state index contributed by atoms with van der Waals surface area (Å²) in [6.45, 7) is 10.8. The summed E-state index contributed by atoms with van der Waals surface area (Å²) in [6, 6.07) is 0. The number of aromatic nitrogens is 9. The van der Waals surface area contributed by atoms with Crippen molar-refractivity contribution in [3.8, 4) is 0 Å². The van der Waals surface area contributed by atoms with Gasteiger partial charge in [0.15, 0.2) is 0 Å². The van der Waals surface area contributed by atoms with E-state index in [1.54, 1.807) is 0 Å². The second-order valence-electron chi connectivity index (χ2n) is 10.2. The standard InChI is InChI=1S/C30H47N9/c1-6-13-22-31-23(14-7-2)34-27(33-22)18-11-20-29-37-26(17-10-5)38-30(39-29)21-12-19-28-35-24(15-8-3)32-25(36-28)16-9-4/h6-21H2,1-5H3. The third kappa shape index (κ3) is 10.6. The lowest BCUT2D eigenvalue weighted by molar-refractivity contribution is 0.651. The van der Waals surface area contributed by atoms with Gasteiger partial charge in [-0.15, -0.1) is 0 Å². The summed E-state index contributed by atoms with van der Waals surface area (Å²) < 4.78 is 0. The zero-order valence-corrected chi connectivity index (χ0v) is 24.8. The van der Waals surface area contributed by atoms with Crippen molar-refractivity contribution in [2.75, 3.05) is 0 Å². The topological polar surface area (TPSA) is 116 Å². The molecule has 0 radical (unpaired) electrons. The lowest BCUT2D eigenvalue weighted by Gasteiger charge is -2.09. The van der Waals surface area contributed by atoms with Crippen LogP contribution in [0, 0.1) is 0 Å². The number of hydrogen-bond acceptors (Lipinski definition) is 9. The van der Waals surface area contributed by atoms with Crippen molar-refractivity contribution in [1.29, 1.82) is 0 Å². The Morgan fingerprint density at radius 1 is 0.256 bits per heavy atom. The molecule has 0 unspecified atom stereocenters.